The third-order valence-electron chi connectivity index (χ3n) is 5.44. The molecule has 2 rings (SSSR count). The summed E-state index contributed by atoms with van der Waals surface area (Å²) in [5.74, 6) is -0.673. The van der Waals surface area contributed by atoms with Crippen LogP contribution in [0, 0.1) is 0 Å². The van der Waals surface area contributed by atoms with Crippen LogP contribution in [-0.4, -0.2) is 46.7 Å². The lowest BCUT2D eigenvalue weighted by Crippen LogP contribution is -2.54. The van der Waals surface area contributed by atoms with Gasteiger partial charge in [0.25, 0.3) is 0 Å². The fourth-order valence-electron chi connectivity index (χ4n) is 4.27. The molecule has 122 valence electrons. The van der Waals surface area contributed by atoms with Crippen LogP contribution in [0.1, 0.15) is 71.6 Å². The molecule has 2 aliphatic carbocycles. The van der Waals surface area contributed by atoms with Gasteiger partial charge in [-0.2, -0.15) is 0 Å². The van der Waals surface area contributed by atoms with Crippen LogP contribution in [0.4, 0.5) is 0 Å². The van der Waals surface area contributed by atoms with Crippen molar-refractivity contribution in [1.82, 2.24) is 10.2 Å². The van der Waals surface area contributed by atoms with Gasteiger partial charge in [-0.05, 0) is 53.0 Å². The van der Waals surface area contributed by atoms with Gasteiger partial charge in [-0.3, -0.25) is 10.1 Å². The summed E-state index contributed by atoms with van der Waals surface area (Å²) in [6.07, 6.45) is 10.4. The highest BCUT2D eigenvalue weighted by atomic mass is 16.4. The van der Waals surface area contributed by atoms with Crippen molar-refractivity contribution in [2.75, 3.05) is 7.05 Å². The van der Waals surface area contributed by atoms with Gasteiger partial charge in [-0.15, -0.1) is 0 Å². The number of rotatable bonds is 5. The van der Waals surface area contributed by atoms with Crippen molar-refractivity contribution in [3.8, 4) is 0 Å². The first-order valence-corrected chi connectivity index (χ1v) is 8.67. The van der Waals surface area contributed by atoms with Crippen LogP contribution in [0.5, 0.6) is 0 Å². The number of carboxylic acid groups (broad SMARTS) is 1. The van der Waals surface area contributed by atoms with Crippen LogP contribution in [0.2, 0.25) is 0 Å². The number of hydrogen-bond donors (Lipinski definition) is 2. The molecule has 21 heavy (non-hydrogen) atoms. The maximum Gasteiger partial charge on any atom is 0.323 e. The van der Waals surface area contributed by atoms with Crippen molar-refractivity contribution in [3.05, 3.63) is 0 Å². The Morgan fingerprint density at radius 2 is 1.76 bits per heavy atom. The molecule has 0 aromatic carbocycles. The normalized spacial score (nSPS) is 31.8. The van der Waals surface area contributed by atoms with Crippen molar-refractivity contribution >= 4 is 5.97 Å². The van der Waals surface area contributed by atoms with E-state index in [2.05, 4.69) is 17.3 Å². The van der Waals surface area contributed by atoms with E-state index in [4.69, 9.17) is 0 Å². The summed E-state index contributed by atoms with van der Waals surface area (Å²) in [6, 6.07) is 1.28. The molecular weight excluding hydrogens is 264 g/mol. The molecule has 4 heteroatoms. The van der Waals surface area contributed by atoms with Gasteiger partial charge in [0.05, 0.1) is 0 Å². The first kappa shape index (κ1) is 16.8. The van der Waals surface area contributed by atoms with E-state index in [0.29, 0.717) is 12.1 Å². The van der Waals surface area contributed by atoms with E-state index >= 15 is 0 Å². The number of aliphatic carboxylic acids is 1. The third kappa shape index (κ3) is 3.98. The summed E-state index contributed by atoms with van der Waals surface area (Å²) in [7, 11) is 2.22. The quantitative estimate of drug-likeness (QED) is 0.766. The summed E-state index contributed by atoms with van der Waals surface area (Å²) in [5, 5.41) is 13.0. The Morgan fingerprint density at radius 1 is 1.14 bits per heavy atom. The molecule has 2 aliphatic rings. The zero-order chi connectivity index (χ0) is 15.5. The fraction of sp³-hybridized carbons (Fsp3) is 0.941. The van der Waals surface area contributed by atoms with Gasteiger partial charge in [0.2, 0.25) is 0 Å². The summed E-state index contributed by atoms with van der Waals surface area (Å²) >= 11 is 0. The van der Waals surface area contributed by atoms with Crippen molar-refractivity contribution in [2.45, 2.75) is 95.3 Å². The second-order valence-electron chi connectivity index (χ2n) is 7.39. The molecule has 2 fully saturated rings. The second-order valence-corrected chi connectivity index (χ2v) is 7.39. The second kappa shape index (κ2) is 7.10. The molecule has 0 aromatic heterocycles. The smallest absolute Gasteiger partial charge is 0.323 e. The molecule has 0 spiro atoms. The van der Waals surface area contributed by atoms with E-state index < -0.39 is 11.5 Å². The average Bonchev–Trinajstić information content (AvgIpc) is 2.67. The third-order valence-corrected chi connectivity index (χ3v) is 5.44. The highest BCUT2D eigenvalue weighted by Crippen LogP contribution is 2.36. The summed E-state index contributed by atoms with van der Waals surface area (Å²) in [6.45, 7) is 4.07. The Morgan fingerprint density at radius 3 is 2.29 bits per heavy atom. The molecular formula is C17H32N2O2. The Kier molecular flexibility index (Phi) is 5.67. The molecule has 0 bridgehead atoms. The molecule has 2 unspecified atom stereocenters. The molecule has 0 saturated heterocycles. The van der Waals surface area contributed by atoms with Crippen molar-refractivity contribution < 1.29 is 9.90 Å². The predicted octanol–water partition coefficient (Wildman–Crippen LogP) is 3.01. The number of hydrogen-bond acceptors (Lipinski definition) is 3. The number of carbonyl (C=O) groups is 1. The van der Waals surface area contributed by atoms with E-state index in [1.807, 2.05) is 13.8 Å². The van der Waals surface area contributed by atoms with Gasteiger partial charge < -0.3 is 10.0 Å². The maximum absolute atomic E-state index is 11.8. The van der Waals surface area contributed by atoms with Gasteiger partial charge in [0.15, 0.2) is 0 Å². The van der Waals surface area contributed by atoms with E-state index in [0.717, 1.165) is 19.3 Å². The van der Waals surface area contributed by atoms with E-state index in [9.17, 15) is 9.90 Å². The standard InChI is InChI=1S/C17H32N2O2/c1-13(2)18-17(16(20)21)11-10-15(12-17)19(3)14-8-6-4-5-7-9-14/h13-15,18H,4-12H2,1-3H3,(H,20,21). The number of nitrogens with zero attached hydrogens (tertiary/aromatic N) is 1. The molecule has 0 radical (unpaired) electrons. The SMILES string of the molecule is CC(C)NC1(C(=O)O)CCC(N(C)C2CCCCCC2)C1. The van der Waals surface area contributed by atoms with Crippen molar-refractivity contribution in [2.24, 2.45) is 0 Å². The summed E-state index contributed by atoms with van der Waals surface area (Å²) < 4.78 is 0. The zero-order valence-corrected chi connectivity index (χ0v) is 13.9. The number of nitrogens with one attached hydrogen (secondary N) is 1. The molecule has 0 aliphatic heterocycles. The highest BCUT2D eigenvalue weighted by Gasteiger charge is 2.47. The molecule has 2 saturated carbocycles. The van der Waals surface area contributed by atoms with Gasteiger partial charge in [-0.25, -0.2) is 0 Å². The zero-order valence-electron chi connectivity index (χ0n) is 13.9. The van der Waals surface area contributed by atoms with Crippen LogP contribution >= 0.6 is 0 Å². The Bertz CT molecular complexity index is 351. The maximum atomic E-state index is 11.8. The average molecular weight is 296 g/mol. The monoisotopic (exact) mass is 296 g/mol. The van der Waals surface area contributed by atoms with E-state index in [1.165, 1.54) is 38.5 Å². The lowest BCUT2D eigenvalue weighted by Gasteiger charge is -2.34. The molecule has 2 atom stereocenters. The van der Waals surface area contributed by atoms with Gasteiger partial charge in [-0.1, -0.05) is 25.7 Å². The van der Waals surface area contributed by atoms with Crippen molar-refractivity contribution in [1.29, 1.82) is 0 Å². The number of carboxylic acids is 1. The Hall–Kier alpha value is -0.610. The van der Waals surface area contributed by atoms with E-state index in [-0.39, 0.29) is 6.04 Å². The molecule has 4 nitrogen and oxygen atoms in total. The van der Waals surface area contributed by atoms with Crippen LogP contribution in [0.15, 0.2) is 0 Å². The minimum absolute atomic E-state index is 0.211. The topological polar surface area (TPSA) is 52.6 Å². The summed E-state index contributed by atoms with van der Waals surface area (Å²) in [5.41, 5.74) is -0.710. The minimum Gasteiger partial charge on any atom is -0.480 e. The predicted molar refractivity (Wildman–Crippen MR) is 85.5 cm³/mol. The molecule has 0 aromatic rings. The van der Waals surface area contributed by atoms with Crippen LogP contribution in [-0.2, 0) is 4.79 Å². The first-order chi connectivity index (χ1) is 9.94. The largest absolute Gasteiger partial charge is 0.480 e. The van der Waals surface area contributed by atoms with Crippen LogP contribution < -0.4 is 5.32 Å². The first-order valence-electron chi connectivity index (χ1n) is 8.67. The van der Waals surface area contributed by atoms with Gasteiger partial charge in [0.1, 0.15) is 5.54 Å². The van der Waals surface area contributed by atoms with Gasteiger partial charge >= 0.3 is 5.97 Å². The lowest BCUT2D eigenvalue weighted by molar-refractivity contribution is -0.145. The van der Waals surface area contributed by atoms with Crippen molar-refractivity contribution in [3.63, 3.8) is 0 Å². The minimum atomic E-state index is -0.710. The van der Waals surface area contributed by atoms with Crippen LogP contribution in [0.25, 0.3) is 0 Å². The van der Waals surface area contributed by atoms with Crippen LogP contribution in [0.3, 0.4) is 0 Å². The Balaban J connectivity index is 2.00. The molecule has 0 amide bonds. The molecule has 2 N–H and O–H groups in total. The highest BCUT2D eigenvalue weighted by molar-refractivity contribution is 5.79. The molecule has 0 heterocycles. The van der Waals surface area contributed by atoms with E-state index in [1.54, 1.807) is 0 Å². The fourth-order valence-corrected chi connectivity index (χ4v) is 4.27. The van der Waals surface area contributed by atoms with Gasteiger partial charge in [0, 0.05) is 18.1 Å². The lowest BCUT2D eigenvalue weighted by atomic mass is 9.95. The summed E-state index contributed by atoms with van der Waals surface area (Å²) in [4.78, 5) is 14.3. The Labute approximate surface area is 129 Å².